The fraction of sp³-hybridized carbons (Fsp3) is 0.381. The van der Waals surface area contributed by atoms with E-state index in [-0.39, 0.29) is 37.2 Å². The van der Waals surface area contributed by atoms with Gasteiger partial charge in [-0.15, -0.1) is 0 Å². The fourth-order valence-corrected chi connectivity index (χ4v) is 2.89. The van der Waals surface area contributed by atoms with Gasteiger partial charge in [0.2, 0.25) is 5.91 Å². The Labute approximate surface area is 159 Å². The normalized spacial score (nSPS) is 12.0. The van der Waals surface area contributed by atoms with E-state index in [2.05, 4.69) is 10.6 Å². The van der Waals surface area contributed by atoms with Crippen molar-refractivity contribution in [3.05, 3.63) is 48.0 Å². The maximum absolute atomic E-state index is 12.2. The van der Waals surface area contributed by atoms with Gasteiger partial charge in [-0.1, -0.05) is 44.2 Å². The molecule has 2 aromatic rings. The molecule has 0 fully saturated rings. The zero-order chi connectivity index (χ0) is 19.8. The van der Waals surface area contributed by atoms with Crippen LogP contribution in [0.1, 0.15) is 37.0 Å². The standard InChI is InChI=1S/C21H26N2O4/c1-14(2)11-18(21(26)27)13-23-19(24)9-10-22-20(25)17-8-7-15-5-3-4-6-16(15)12-17/h3-8,12,14,18H,9-11,13H2,1-2H3,(H,22,25)(H,23,24)(H,26,27). The fourth-order valence-electron chi connectivity index (χ4n) is 2.89. The second-order valence-electron chi connectivity index (χ2n) is 7.04. The Morgan fingerprint density at radius 3 is 2.37 bits per heavy atom. The van der Waals surface area contributed by atoms with Gasteiger partial charge in [0.15, 0.2) is 0 Å². The second-order valence-corrected chi connectivity index (χ2v) is 7.04. The van der Waals surface area contributed by atoms with Crippen molar-refractivity contribution >= 4 is 28.6 Å². The third-order valence-electron chi connectivity index (χ3n) is 4.30. The lowest BCUT2D eigenvalue weighted by Crippen LogP contribution is -2.35. The van der Waals surface area contributed by atoms with E-state index >= 15 is 0 Å². The van der Waals surface area contributed by atoms with Crippen molar-refractivity contribution < 1.29 is 19.5 Å². The van der Waals surface area contributed by atoms with Crippen LogP contribution in [-0.4, -0.2) is 36.0 Å². The summed E-state index contributed by atoms with van der Waals surface area (Å²) in [5.41, 5.74) is 0.539. The number of carboxylic acids is 1. The molecule has 2 rings (SSSR count). The lowest BCUT2D eigenvalue weighted by Gasteiger charge is -2.15. The number of carbonyl (C=O) groups is 3. The number of hydrogen-bond acceptors (Lipinski definition) is 3. The summed E-state index contributed by atoms with van der Waals surface area (Å²) in [5.74, 6) is -1.78. The van der Waals surface area contributed by atoms with Gasteiger partial charge in [-0.25, -0.2) is 0 Å². The lowest BCUT2D eigenvalue weighted by atomic mass is 9.97. The Balaban J connectivity index is 1.78. The Hall–Kier alpha value is -2.89. The maximum atomic E-state index is 12.2. The van der Waals surface area contributed by atoms with Crippen LogP contribution in [0.2, 0.25) is 0 Å². The van der Waals surface area contributed by atoms with Gasteiger partial charge >= 0.3 is 5.97 Å². The van der Waals surface area contributed by atoms with Crippen LogP contribution in [0.4, 0.5) is 0 Å². The molecule has 2 aromatic carbocycles. The van der Waals surface area contributed by atoms with E-state index in [0.717, 1.165) is 10.8 Å². The predicted molar refractivity (Wildman–Crippen MR) is 104 cm³/mol. The summed E-state index contributed by atoms with van der Waals surface area (Å²) in [6.07, 6.45) is 0.613. The molecule has 0 radical (unpaired) electrons. The Bertz CT molecular complexity index is 817. The lowest BCUT2D eigenvalue weighted by molar-refractivity contribution is -0.142. The number of rotatable bonds is 9. The summed E-state index contributed by atoms with van der Waals surface area (Å²) in [5, 5.41) is 16.6. The van der Waals surface area contributed by atoms with Crippen molar-refractivity contribution in [2.75, 3.05) is 13.1 Å². The third kappa shape index (κ3) is 6.40. The monoisotopic (exact) mass is 370 g/mol. The highest BCUT2D eigenvalue weighted by Crippen LogP contribution is 2.15. The van der Waals surface area contributed by atoms with Crippen LogP contribution < -0.4 is 10.6 Å². The molecule has 1 atom stereocenters. The maximum Gasteiger partial charge on any atom is 0.308 e. The minimum absolute atomic E-state index is 0.102. The molecule has 0 aliphatic rings. The van der Waals surface area contributed by atoms with E-state index in [1.807, 2.05) is 50.2 Å². The van der Waals surface area contributed by atoms with Crippen LogP contribution in [0.25, 0.3) is 10.8 Å². The van der Waals surface area contributed by atoms with Crippen molar-refractivity contribution in [1.29, 1.82) is 0 Å². The zero-order valence-corrected chi connectivity index (χ0v) is 15.7. The zero-order valence-electron chi connectivity index (χ0n) is 15.7. The molecule has 0 heterocycles. The van der Waals surface area contributed by atoms with Crippen molar-refractivity contribution in [2.24, 2.45) is 11.8 Å². The number of benzene rings is 2. The predicted octanol–water partition coefficient (Wildman–Crippen LogP) is 2.82. The minimum atomic E-state index is -0.909. The molecule has 0 aliphatic heterocycles. The molecule has 6 nitrogen and oxygen atoms in total. The summed E-state index contributed by atoms with van der Waals surface area (Å²) in [4.78, 5) is 35.3. The Morgan fingerprint density at radius 1 is 1.00 bits per heavy atom. The number of carbonyl (C=O) groups excluding carboxylic acids is 2. The molecule has 3 N–H and O–H groups in total. The van der Waals surface area contributed by atoms with Crippen LogP contribution in [0.5, 0.6) is 0 Å². The van der Waals surface area contributed by atoms with Crippen LogP contribution in [-0.2, 0) is 9.59 Å². The average Bonchev–Trinajstić information content (AvgIpc) is 2.64. The molecule has 27 heavy (non-hydrogen) atoms. The highest BCUT2D eigenvalue weighted by Gasteiger charge is 2.19. The average molecular weight is 370 g/mol. The van der Waals surface area contributed by atoms with E-state index in [1.54, 1.807) is 6.07 Å². The van der Waals surface area contributed by atoms with Crippen molar-refractivity contribution in [3.63, 3.8) is 0 Å². The first-order valence-electron chi connectivity index (χ1n) is 9.13. The molecular formula is C21H26N2O4. The molecule has 0 aromatic heterocycles. The highest BCUT2D eigenvalue weighted by atomic mass is 16.4. The van der Waals surface area contributed by atoms with Gasteiger partial charge in [-0.3, -0.25) is 14.4 Å². The molecule has 0 aliphatic carbocycles. The summed E-state index contributed by atoms with van der Waals surface area (Å²) in [6, 6.07) is 13.2. The van der Waals surface area contributed by atoms with Crippen molar-refractivity contribution in [2.45, 2.75) is 26.7 Å². The number of carboxylic acid groups (broad SMARTS) is 1. The molecular weight excluding hydrogens is 344 g/mol. The summed E-state index contributed by atoms with van der Waals surface area (Å²) >= 11 is 0. The number of nitrogens with one attached hydrogen (secondary N) is 2. The molecule has 0 spiro atoms. The molecule has 144 valence electrons. The first-order chi connectivity index (χ1) is 12.9. The number of aliphatic carboxylic acids is 1. The molecule has 0 saturated heterocycles. The molecule has 2 amide bonds. The Kier molecular flexibility index (Phi) is 7.34. The molecule has 0 saturated carbocycles. The number of amides is 2. The van der Waals surface area contributed by atoms with Gasteiger partial charge in [0, 0.05) is 25.1 Å². The molecule has 1 unspecified atom stereocenters. The van der Waals surface area contributed by atoms with E-state index in [4.69, 9.17) is 0 Å². The highest BCUT2D eigenvalue weighted by molar-refractivity contribution is 5.98. The van der Waals surface area contributed by atoms with Crippen molar-refractivity contribution in [3.8, 4) is 0 Å². The van der Waals surface area contributed by atoms with E-state index < -0.39 is 11.9 Å². The topological polar surface area (TPSA) is 95.5 Å². The van der Waals surface area contributed by atoms with E-state index in [9.17, 15) is 19.5 Å². The van der Waals surface area contributed by atoms with Gasteiger partial charge in [-0.2, -0.15) is 0 Å². The summed E-state index contributed by atoms with van der Waals surface area (Å²) in [6.45, 7) is 4.19. The van der Waals surface area contributed by atoms with Gasteiger partial charge in [0.05, 0.1) is 5.92 Å². The van der Waals surface area contributed by atoms with Crippen molar-refractivity contribution in [1.82, 2.24) is 10.6 Å². The quantitative estimate of drug-likeness (QED) is 0.632. The van der Waals surface area contributed by atoms with Gasteiger partial charge in [-0.05, 0) is 35.2 Å². The van der Waals surface area contributed by atoms with Gasteiger partial charge < -0.3 is 15.7 Å². The molecule has 6 heteroatoms. The van der Waals surface area contributed by atoms with E-state index in [1.165, 1.54) is 0 Å². The summed E-state index contributed by atoms with van der Waals surface area (Å²) in [7, 11) is 0. The van der Waals surface area contributed by atoms with Crippen LogP contribution in [0, 0.1) is 11.8 Å². The second kappa shape index (κ2) is 9.71. The Morgan fingerprint density at radius 2 is 1.70 bits per heavy atom. The minimum Gasteiger partial charge on any atom is -0.481 e. The first kappa shape index (κ1) is 20.4. The van der Waals surface area contributed by atoms with E-state index in [0.29, 0.717) is 12.0 Å². The van der Waals surface area contributed by atoms with Gasteiger partial charge in [0.25, 0.3) is 5.91 Å². The van der Waals surface area contributed by atoms with Crippen LogP contribution in [0.15, 0.2) is 42.5 Å². The number of hydrogen-bond donors (Lipinski definition) is 3. The number of fused-ring (bicyclic) bond motifs is 1. The first-order valence-corrected chi connectivity index (χ1v) is 9.13. The largest absolute Gasteiger partial charge is 0.481 e. The molecule has 0 bridgehead atoms. The van der Waals surface area contributed by atoms with Crippen LogP contribution >= 0.6 is 0 Å². The smallest absolute Gasteiger partial charge is 0.308 e. The SMILES string of the molecule is CC(C)CC(CNC(=O)CCNC(=O)c1ccc2ccccc2c1)C(=O)O. The summed E-state index contributed by atoms with van der Waals surface area (Å²) < 4.78 is 0. The van der Waals surface area contributed by atoms with Gasteiger partial charge in [0.1, 0.15) is 0 Å². The van der Waals surface area contributed by atoms with Crippen LogP contribution in [0.3, 0.4) is 0 Å². The third-order valence-corrected chi connectivity index (χ3v) is 4.30.